The van der Waals surface area contributed by atoms with Crippen molar-refractivity contribution in [2.24, 2.45) is 0 Å². The number of imide groups is 1. The van der Waals surface area contributed by atoms with Crippen LogP contribution in [0.15, 0.2) is 18.2 Å². The van der Waals surface area contributed by atoms with Gasteiger partial charge in [-0.05, 0) is 49.3 Å². The summed E-state index contributed by atoms with van der Waals surface area (Å²) in [5, 5.41) is 4.83. The Hall–Kier alpha value is -2.35. The summed E-state index contributed by atoms with van der Waals surface area (Å²) in [5.41, 5.74) is 3.66. The summed E-state index contributed by atoms with van der Waals surface area (Å²) in [6, 6.07) is 5.93. The molecule has 1 atom stereocenters. The fourth-order valence-electron chi connectivity index (χ4n) is 3.33. The second-order valence-electron chi connectivity index (χ2n) is 6.79. The third-order valence-electron chi connectivity index (χ3n) is 4.89. The second kappa shape index (κ2) is 8.56. The van der Waals surface area contributed by atoms with Gasteiger partial charge in [0.2, 0.25) is 5.91 Å². The van der Waals surface area contributed by atoms with E-state index >= 15 is 0 Å². The number of carbonyl (C=O) groups excluding carboxylic acids is 4. The Morgan fingerprint density at radius 1 is 1.15 bits per heavy atom. The molecule has 1 aromatic carbocycles. The van der Waals surface area contributed by atoms with Crippen LogP contribution in [0.4, 0.5) is 4.79 Å². The van der Waals surface area contributed by atoms with Gasteiger partial charge in [0, 0.05) is 13.1 Å². The van der Waals surface area contributed by atoms with E-state index in [-0.39, 0.29) is 36.0 Å². The Bertz CT molecular complexity index is 764. The molecular weight excluding hydrogens is 366 g/mol. The molecule has 2 aliphatic rings. The van der Waals surface area contributed by atoms with Crippen molar-refractivity contribution in [3.63, 3.8) is 0 Å². The first kappa shape index (κ1) is 19.4. The molecule has 0 radical (unpaired) electrons. The van der Waals surface area contributed by atoms with E-state index in [9.17, 15) is 19.2 Å². The Labute approximate surface area is 162 Å². The maximum atomic E-state index is 12.1. The first-order valence-corrected chi connectivity index (χ1v) is 10.1. The zero-order chi connectivity index (χ0) is 19.4. The lowest BCUT2D eigenvalue weighted by Gasteiger charge is -2.20. The first-order chi connectivity index (χ1) is 13.0. The van der Waals surface area contributed by atoms with E-state index in [0.29, 0.717) is 0 Å². The average molecular weight is 389 g/mol. The number of nitrogens with one attached hydrogen (secondary N) is 2. The summed E-state index contributed by atoms with van der Waals surface area (Å²) in [6.07, 6.45) is 4.54. The second-order valence-corrected chi connectivity index (χ2v) is 7.71. The number of hydrogen-bond acceptors (Lipinski definition) is 5. The van der Waals surface area contributed by atoms with Crippen LogP contribution in [-0.4, -0.2) is 46.7 Å². The number of rotatable bonds is 5. The molecule has 1 unspecified atom stereocenters. The number of benzene rings is 1. The molecule has 1 aromatic rings. The predicted octanol–water partition coefficient (Wildman–Crippen LogP) is 1.55. The van der Waals surface area contributed by atoms with Crippen molar-refractivity contribution in [1.29, 1.82) is 0 Å². The van der Waals surface area contributed by atoms with Crippen molar-refractivity contribution in [3.8, 4) is 0 Å². The number of carbonyl (C=O) groups is 4. The highest BCUT2D eigenvalue weighted by Gasteiger charge is 2.29. The van der Waals surface area contributed by atoms with Crippen LogP contribution < -0.4 is 10.6 Å². The Morgan fingerprint density at radius 2 is 1.89 bits per heavy atom. The minimum atomic E-state index is -0.772. The smallest absolute Gasteiger partial charge is 0.309 e. The van der Waals surface area contributed by atoms with Crippen LogP contribution in [0.1, 0.15) is 42.5 Å². The van der Waals surface area contributed by atoms with Crippen molar-refractivity contribution < 1.29 is 19.2 Å². The minimum absolute atomic E-state index is 0.0531. The quantitative estimate of drug-likeness (QED) is 0.745. The molecule has 1 heterocycles. The molecule has 144 valence electrons. The van der Waals surface area contributed by atoms with Gasteiger partial charge in [-0.2, -0.15) is 0 Å². The maximum absolute atomic E-state index is 12.1. The van der Waals surface area contributed by atoms with Crippen LogP contribution in [0.25, 0.3) is 0 Å². The summed E-state index contributed by atoms with van der Waals surface area (Å²) in [5.74, 6) is -1.64. The molecule has 8 heteroatoms. The van der Waals surface area contributed by atoms with Gasteiger partial charge in [-0.3, -0.25) is 24.1 Å². The Morgan fingerprint density at radius 3 is 2.59 bits per heavy atom. The van der Waals surface area contributed by atoms with E-state index in [2.05, 4.69) is 22.8 Å². The molecular formula is C19H23N3O4S. The van der Waals surface area contributed by atoms with Crippen molar-refractivity contribution in [1.82, 2.24) is 15.5 Å². The summed E-state index contributed by atoms with van der Waals surface area (Å²) >= 11 is 0.940. The summed E-state index contributed by atoms with van der Waals surface area (Å²) in [4.78, 5) is 48.1. The number of amides is 4. The van der Waals surface area contributed by atoms with Gasteiger partial charge in [0.05, 0.1) is 11.8 Å². The first-order valence-electron chi connectivity index (χ1n) is 9.13. The zero-order valence-corrected chi connectivity index (χ0v) is 16.1. The third-order valence-corrected chi connectivity index (χ3v) is 5.75. The van der Waals surface area contributed by atoms with Gasteiger partial charge in [0.1, 0.15) is 0 Å². The van der Waals surface area contributed by atoms with Crippen molar-refractivity contribution in [2.45, 2.75) is 38.6 Å². The predicted molar refractivity (Wildman–Crippen MR) is 102 cm³/mol. The van der Waals surface area contributed by atoms with Crippen LogP contribution >= 0.6 is 11.8 Å². The summed E-state index contributed by atoms with van der Waals surface area (Å²) in [7, 11) is 0. The fraction of sp³-hybridized carbons (Fsp3) is 0.474. The number of aryl methyl sites for hydroxylation is 2. The van der Waals surface area contributed by atoms with Gasteiger partial charge < -0.3 is 10.6 Å². The van der Waals surface area contributed by atoms with Crippen molar-refractivity contribution in [2.75, 3.05) is 18.8 Å². The van der Waals surface area contributed by atoms with E-state index in [0.717, 1.165) is 35.1 Å². The number of nitrogens with zero attached hydrogens (tertiary/aromatic N) is 1. The van der Waals surface area contributed by atoms with Crippen LogP contribution in [0.2, 0.25) is 0 Å². The largest absolute Gasteiger partial charge is 0.346 e. The monoisotopic (exact) mass is 389 g/mol. The van der Waals surface area contributed by atoms with E-state index in [4.69, 9.17) is 0 Å². The lowest BCUT2D eigenvalue weighted by molar-refractivity contribution is -0.139. The molecule has 4 amide bonds. The molecule has 1 saturated heterocycles. The number of thioether (sulfide) groups is 1. The highest BCUT2D eigenvalue weighted by atomic mass is 32.2. The summed E-state index contributed by atoms with van der Waals surface area (Å²) < 4.78 is 0. The molecule has 1 fully saturated rings. The molecule has 2 N–H and O–H groups in total. The molecule has 27 heavy (non-hydrogen) atoms. The molecule has 0 aromatic heterocycles. The molecule has 0 spiro atoms. The van der Waals surface area contributed by atoms with Crippen LogP contribution in [0.3, 0.4) is 0 Å². The SMILES string of the molecule is CC(NC(=O)C(=O)NCCN1C(=O)CSC1=O)c1ccc2c(c1)CCCC2. The number of fused-ring (bicyclic) bond motifs is 1. The van der Waals surface area contributed by atoms with Crippen molar-refractivity contribution in [3.05, 3.63) is 34.9 Å². The normalized spacial score (nSPS) is 17.4. The molecule has 7 nitrogen and oxygen atoms in total. The van der Waals surface area contributed by atoms with Gasteiger partial charge >= 0.3 is 11.8 Å². The minimum Gasteiger partial charge on any atom is -0.346 e. The lowest BCUT2D eigenvalue weighted by atomic mass is 9.89. The molecule has 0 bridgehead atoms. The topological polar surface area (TPSA) is 95.6 Å². The molecule has 3 rings (SSSR count). The number of hydrogen-bond donors (Lipinski definition) is 2. The molecule has 1 aliphatic carbocycles. The molecule has 1 aliphatic heterocycles. The zero-order valence-electron chi connectivity index (χ0n) is 15.2. The fourth-order valence-corrected chi connectivity index (χ4v) is 4.08. The maximum Gasteiger partial charge on any atom is 0.309 e. The van der Waals surface area contributed by atoms with E-state index in [1.165, 1.54) is 24.0 Å². The van der Waals surface area contributed by atoms with Crippen LogP contribution in [0.5, 0.6) is 0 Å². The Balaban J connectivity index is 1.48. The van der Waals surface area contributed by atoms with Crippen molar-refractivity contribution >= 4 is 34.7 Å². The van der Waals surface area contributed by atoms with Gasteiger partial charge in [-0.25, -0.2) is 0 Å². The average Bonchev–Trinajstić information content (AvgIpc) is 2.99. The van der Waals surface area contributed by atoms with Gasteiger partial charge in [-0.1, -0.05) is 30.0 Å². The third kappa shape index (κ3) is 4.68. The lowest BCUT2D eigenvalue weighted by Crippen LogP contribution is -2.44. The van der Waals surface area contributed by atoms with E-state index in [1.54, 1.807) is 0 Å². The molecule has 0 saturated carbocycles. The van der Waals surface area contributed by atoms with Gasteiger partial charge in [0.25, 0.3) is 5.24 Å². The van der Waals surface area contributed by atoms with E-state index < -0.39 is 11.8 Å². The standard InChI is InChI=1S/C19H23N3O4S/c1-12(14-7-6-13-4-2-3-5-15(13)10-14)21-18(25)17(24)20-8-9-22-16(23)11-27-19(22)26/h6-7,10,12H,2-5,8-9,11H2,1H3,(H,20,24)(H,21,25). The Kier molecular flexibility index (Phi) is 6.15. The summed E-state index contributed by atoms with van der Waals surface area (Å²) in [6.45, 7) is 1.97. The van der Waals surface area contributed by atoms with Gasteiger partial charge in [0.15, 0.2) is 0 Å². The van der Waals surface area contributed by atoms with E-state index in [1.807, 2.05) is 13.0 Å². The highest BCUT2D eigenvalue weighted by molar-refractivity contribution is 8.14. The van der Waals surface area contributed by atoms with Gasteiger partial charge in [-0.15, -0.1) is 0 Å². The highest BCUT2D eigenvalue weighted by Crippen LogP contribution is 2.24. The van der Waals surface area contributed by atoms with Crippen LogP contribution in [-0.2, 0) is 27.2 Å². The van der Waals surface area contributed by atoms with Crippen LogP contribution in [0, 0.1) is 0 Å².